The second-order valence-electron chi connectivity index (χ2n) is 7.81. The third-order valence-corrected chi connectivity index (χ3v) is 8.63. The number of piperidine rings is 1. The van der Waals surface area contributed by atoms with Crippen molar-refractivity contribution in [1.29, 1.82) is 0 Å². The molecule has 162 valence electrons. The highest BCUT2D eigenvalue weighted by Crippen LogP contribution is 2.32. The van der Waals surface area contributed by atoms with Crippen LogP contribution in [-0.4, -0.2) is 43.2 Å². The molecule has 1 aliphatic heterocycles. The minimum Gasteiger partial charge on any atom is -0.303 e. The van der Waals surface area contributed by atoms with Crippen molar-refractivity contribution in [2.24, 2.45) is 0 Å². The number of likely N-dealkylation sites (tertiary alicyclic amines) is 1. The fourth-order valence-electron chi connectivity index (χ4n) is 4.00. The van der Waals surface area contributed by atoms with Gasteiger partial charge in [-0.05, 0) is 67.9 Å². The summed E-state index contributed by atoms with van der Waals surface area (Å²) in [6, 6.07) is 18.2. The predicted octanol–water partition coefficient (Wildman–Crippen LogP) is 5.54. The molecule has 0 saturated carbocycles. The first kappa shape index (κ1) is 22.3. The minimum atomic E-state index is -3.36. The Hall–Kier alpha value is -1.92. The van der Waals surface area contributed by atoms with E-state index in [9.17, 15) is 8.42 Å². The summed E-state index contributed by atoms with van der Waals surface area (Å²) in [4.78, 5) is 7.05. The molecule has 0 spiro atoms. The smallest absolute Gasteiger partial charge is 0.181 e. The first-order valence-electron chi connectivity index (χ1n) is 10.3. The topological polar surface area (TPSA) is 50.3 Å². The number of halogens is 2. The Morgan fingerprint density at radius 1 is 0.968 bits per heavy atom. The molecule has 0 N–H and O–H groups in total. The van der Waals surface area contributed by atoms with Crippen LogP contribution >= 0.6 is 23.2 Å². The molecule has 0 atom stereocenters. The Kier molecular flexibility index (Phi) is 6.97. The number of hydrogen-bond acceptors (Lipinski definition) is 4. The summed E-state index contributed by atoms with van der Waals surface area (Å²) in [5, 5.41) is 0.768. The van der Waals surface area contributed by atoms with Crippen LogP contribution in [0.5, 0.6) is 0 Å². The van der Waals surface area contributed by atoms with Crippen LogP contribution in [0.1, 0.15) is 18.5 Å². The molecular formula is C24H24Cl2N2O2S. The monoisotopic (exact) mass is 474 g/mol. The minimum absolute atomic E-state index is 0.344. The van der Waals surface area contributed by atoms with Crippen LogP contribution in [0.3, 0.4) is 0 Å². The Labute approximate surface area is 193 Å². The summed E-state index contributed by atoms with van der Waals surface area (Å²) < 4.78 is 26.3. The summed E-state index contributed by atoms with van der Waals surface area (Å²) in [5.41, 5.74) is 2.76. The standard InChI is InChI=1S/C24H24Cl2N2O2S/c25-19-6-9-23(24(26)17-19)18-4-7-21(8-5-18)31(29,30)22-11-15-28(16-12-22)14-10-20-3-1-2-13-27-20/h1-9,13,17,22H,10-12,14-16H2. The Morgan fingerprint density at radius 3 is 2.35 bits per heavy atom. The van der Waals surface area contributed by atoms with Crippen LogP contribution in [0.15, 0.2) is 71.8 Å². The first-order valence-corrected chi connectivity index (χ1v) is 12.7. The maximum Gasteiger partial charge on any atom is 0.181 e. The van der Waals surface area contributed by atoms with Gasteiger partial charge in [0.25, 0.3) is 0 Å². The first-order chi connectivity index (χ1) is 14.9. The molecule has 2 aromatic carbocycles. The van der Waals surface area contributed by atoms with Gasteiger partial charge in [0.2, 0.25) is 0 Å². The summed E-state index contributed by atoms with van der Waals surface area (Å²) in [7, 11) is -3.36. The molecule has 2 heterocycles. The quantitative estimate of drug-likeness (QED) is 0.470. The van der Waals surface area contributed by atoms with Crippen LogP contribution < -0.4 is 0 Å². The van der Waals surface area contributed by atoms with Gasteiger partial charge in [-0.15, -0.1) is 0 Å². The summed E-state index contributed by atoms with van der Waals surface area (Å²) in [6.45, 7) is 2.48. The molecule has 3 aromatic rings. The molecule has 1 aromatic heterocycles. The van der Waals surface area contributed by atoms with E-state index in [1.807, 2.05) is 36.4 Å². The van der Waals surface area contributed by atoms with Crippen LogP contribution in [-0.2, 0) is 16.3 Å². The Balaban J connectivity index is 1.38. The van der Waals surface area contributed by atoms with Crippen LogP contribution in [0.25, 0.3) is 11.1 Å². The number of aromatic nitrogens is 1. The molecule has 1 aliphatic rings. The SMILES string of the molecule is O=S(=O)(c1ccc(-c2ccc(Cl)cc2Cl)cc1)C1CCN(CCc2ccccn2)CC1. The van der Waals surface area contributed by atoms with Crippen molar-refractivity contribution < 1.29 is 8.42 Å². The van der Waals surface area contributed by atoms with Gasteiger partial charge in [-0.3, -0.25) is 4.98 Å². The molecule has 1 fully saturated rings. The van der Waals surface area contributed by atoms with Gasteiger partial charge in [-0.1, -0.05) is 47.5 Å². The molecule has 31 heavy (non-hydrogen) atoms. The third kappa shape index (κ3) is 5.29. The van der Waals surface area contributed by atoms with Gasteiger partial charge in [0.05, 0.1) is 10.1 Å². The number of hydrogen-bond donors (Lipinski definition) is 0. The molecule has 0 radical (unpaired) electrons. The summed E-state index contributed by atoms with van der Waals surface area (Å²) in [6.07, 6.45) is 3.98. The number of nitrogens with zero attached hydrogens (tertiary/aromatic N) is 2. The molecule has 4 rings (SSSR count). The summed E-state index contributed by atoms with van der Waals surface area (Å²) in [5.74, 6) is 0. The number of benzene rings is 2. The van der Waals surface area contributed by atoms with E-state index in [0.717, 1.165) is 42.9 Å². The average Bonchev–Trinajstić information content (AvgIpc) is 2.79. The van der Waals surface area contributed by atoms with Crippen molar-refractivity contribution in [3.8, 4) is 11.1 Å². The molecule has 0 unspecified atom stereocenters. The van der Waals surface area contributed by atoms with Gasteiger partial charge in [-0.25, -0.2) is 8.42 Å². The van der Waals surface area contributed by atoms with E-state index in [1.54, 1.807) is 30.5 Å². The van der Waals surface area contributed by atoms with E-state index in [-0.39, 0.29) is 5.25 Å². The fraction of sp³-hybridized carbons (Fsp3) is 0.292. The van der Waals surface area contributed by atoms with Gasteiger partial charge in [0.1, 0.15) is 0 Å². The lowest BCUT2D eigenvalue weighted by atomic mass is 10.1. The molecule has 0 bridgehead atoms. The van der Waals surface area contributed by atoms with E-state index in [0.29, 0.717) is 27.8 Å². The van der Waals surface area contributed by atoms with E-state index >= 15 is 0 Å². The van der Waals surface area contributed by atoms with Crippen molar-refractivity contribution in [2.45, 2.75) is 29.4 Å². The zero-order valence-corrected chi connectivity index (χ0v) is 19.4. The number of sulfone groups is 1. The zero-order valence-electron chi connectivity index (χ0n) is 17.0. The van der Waals surface area contributed by atoms with Crippen LogP contribution in [0, 0.1) is 0 Å². The molecule has 0 amide bonds. The second-order valence-corrected chi connectivity index (χ2v) is 10.9. The number of rotatable bonds is 6. The summed E-state index contributed by atoms with van der Waals surface area (Å²) >= 11 is 12.2. The number of pyridine rings is 1. The molecule has 4 nitrogen and oxygen atoms in total. The lowest BCUT2D eigenvalue weighted by molar-refractivity contribution is 0.232. The lowest BCUT2D eigenvalue weighted by Gasteiger charge is -2.31. The van der Waals surface area contributed by atoms with E-state index < -0.39 is 9.84 Å². The average molecular weight is 475 g/mol. The largest absolute Gasteiger partial charge is 0.303 e. The molecule has 1 saturated heterocycles. The Morgan fingerprint density at radius 2 is 1.71 bits per heavy atom. The van der Waals surface area contributed by atoms with Gasteiger partial charge in [0.15, 0.2) is 9.84 Å². The fourth-order valence-corrected chi connectivity index (χ4v) is 6.25. The van der Waals surface area contributed by atoms with Gasteiger partial charge < -0.3 is 4.90 Å². The molecule has 0 aliphatic carbocycles. The maximum atomic E-state index is 13.2. The van der Waals surface area contributed by atoms with E-state index in [1.165, 1.54) is 0 Å². The van der Waals surface area contributed by atoms with Crippen molar-refractivity contribution in [2.75, 3.05) is 19.6 Å². The van der Waals surface area contributed by atoms with Gasteiger partial charge >= 0.3 is 0 Å². The van der Waals surface area contributed by atoms with Crippen molar-refractivity contribution in [3.63, 3.8) is 0 Å². The zero-order chi connectivity index (χ0) is 21.8. The molecule has 7 heteroatoms. The highest BCUT2D eigenvalue weighted by atomic mass is 35.5. The van der Waals surface area contributed by atoms with Crippen LogP contribution in [0.4, 0.5) is 0 Å². The van der Waals surface area contributed by atoms with E-state index in [2.05, 4.69) is 9.88 Å². The van der Waals surface area contributed by atoms with Crippen molar-refractivity contribution in [3.05, 3.63) is 82.6 Å². The van der Waals surface area contributed by atoms with Crippen molar-refractivity contribution in [1.82, 2.24) is 9.88 Å². The Bertz CT molecular complexity index is 1130. The maximum absolute atomic E-state index is 13.2. The third-order valence-electron chi connectivity index (χ3n) is 5.81. The highest BCUT2D eigenvalue weighted by Gasteiger charge is 2.31. The predicted molar refractivity (Wildman–Crippen MR) is 126 cm³/mol. The van der Waals surface area contributed by atoms with E-state index in [4.69, 9.17) is 23.2 Å². The second kappa shape index (κ2) is 9.70. The normalized spacial score (nSPS) is 15.8. The van der Waals surface area contributed by atoms with Crippen LogP contribution in [0.2, 0.25) is 10.0 Å². The van der Waals surface area contributed by atoms with Gasteiger partial charge in [-0.2, -0.15) is 0 Å². The van der Waals surface area contributed by atoms with Crippen molar-refractivity contribution >= 4 is 33.0 Å². The molecular weight excluding hydrogens is 451 g/mol. The van der Waals surface area contributed by atoms with Gasteiger partial charge in [0, 0.05) is 40.5 Å². The lowest BCUT2D eigenvalue weighted by Crippen LogP contribution is -2.40. The highest BCUT2D eigenvalue weighted by molar-refractivity contribution is 7.92.